The van der Waals surface area contributed by atoms with Gasteiger partial charge in [0.05, 0.1) is 5.69 Å². The van der Waals surface area contributed by atoms with Crippen molar-refractivity contribution >= 4 is 34.2 Å². The summed E-state index contributed by atoms with van der Waals surface area (Å²) >= 11 is 2.90. The van der Waals surface area contributed by atoms with E-state index < -0.39 is 12.2 Å². The summed E-state index contributed by atoms with van der Waals surface area (Å²) in [5.74, 6) is 1.23. The first-order valence-corrected chi connectivity index (χ1v) is 7.75. The van der Waals surface area contributed by atoms with E-state index >= 15 is 0 Å². The first-order chi connectivity index (χ1) is 9.32. The van der Waals surface area contributed by atoms with Crippen molar-refractivity contribution in [2.45, 2.75) is 24.9 Å². The van der Waals surface area contributed by atoms with Crippen LogP contribution in [0.5, 0.6) is 0 Å². The third-order valence-corrected chi connectivity index (χ3v) is 3.94. The lowest BCUT2D eigenvalue weighted by Gasteiger charge is -2.12. The predicted molar refractivity (Wildman–Crippen MR) is 78.1 cm³/mol. The predicted octanol–water partition coefficient (Wildman–Crippen LogP) is 2.01. The molecule has 5 nitrogen and oxygen atoms in total. The molecule has 114 valence electrons. The Bertz CT molecular complexity index is 446. The number of alkyl halides is 3. The normalized spacial score (nSPS) is 14.3. The molecule has 0 spiro atoms. The van der Waals surface area contributed by atoms with Crippen molar-refractivity contribution in [1.29, 1.82) is 0 Å². The topological polar surface area (TPSA) is 89.3 Å². The first-order valence-electron chi connectivity index (χ1n) is 5.72. The number of guanidine groups is 1. The second-order valence-corrected chi connectivity index (χ2v) is 5.81. The van der Waals surface area contributed by atoms with Crippen molar-refractivity contribution in [1.82, 2.24) is 4.98 Å². The highest BCUT2D eigenvalue weighted by molar-refractivity contribution is 7.98. The Kier molecular flexibility index (Phi) is 6.56. The number of rotatable bonds is 6. The molecule has 20 heavy (non-hydrogen) atoms. The van der Waals surface area contributed by atoms with Crippen molar-refractivity contribution in [2.75, 3.05) is 17.6 Å². The van der Waals surface area contributed by atoms with Gasteiger partial charge in [-0.05, 0) is 6.92 Å². The summed E-state index contributed by atoms with van der Waals surface area (Å²) < 4.78 is 36.9. The molecular weight excluding hydrogens is 311 g/mol. The van der Waals surface area contributed by atoms with Gasteiger partial charge in [-0.2, -0.15) is 24.9 Å². The molecule has 1 aromatic heterocycles. The molecule has 1 aromatic rings. The fourth-order valence-corrected chi connectivity index (χ4v) is 2.61. The van der Waals surface area contributed by atoms with E-state index in [-0.39, 0.29) is 5.96 Å². The number of nitrogens with two attached hydrogens (primary N) is 2. The molecule has 0 aliphatic carbocycles. The number of nitrogens with zero attached hydrogens (tertiary/aromatic N) is 2. The monoisotopic (exact) mass is 327 g/mol. The van der Waals surface area contributed by atoms with Gasteiger partial charge in [-0.3, -0.25) is 0 Å². The fourth-order valence-electron chi connectivity index (χ4n) is 1.11. The summed E-state index contributed by atoms with van der Waals surface area (Å²) in [5, 5.41) is 4.79. The van der Waals surface area contributed by atoms with Crippen molar-refractivity contribution in [3.8, 4) is 0 Å². The Labute approximate surface area is 123 Å². The van der Waals surface area contributed by atoms with Crippen LogP contribution in [0.4, 0.5) is 18.3 Å². The molecule has 0 amide bonds. The Morgan fingerprint density at radius 3 is 2.90 bits per heavy atom. The Morgan fingerprint density at radius 2 is 2.30 bits per heavy atom. The fraction of sp³-hybridized carbons (Fsp3) is 0.600. The van der Waals surface area contributed by atoms with Gasteiger partial charge in [0, 0.05) is 23.4 Å². The standard InChI is InChI=1S/C10H16F3N5S2/c1-6(10(11,12)13)16-8(15)18-9-17-7(5-20-9)4-19-3-2-14/h5-6H,2-4,14H2,1H3,(H3,15,16,17,18). The van der Waals surface area contributed by atoms with Crippen LogP contribution in [0.3, 0.4) is 0 Å². The van der Waals surface area contributed by atoms with Crippen molar-refractivity contribution in [2.24, 2.45) is 16.5 Å². The highest BCUT2D eigenvalue weighted by Crippen LogP contribution is 2.23. The zero-order valence-corrected chi connectivity index (χ0v) is 12.4. The van der Waals surface area contributed by atoms with Gasteiger partial charge in [0.2, 0.25) is 0 Å². The molecule has 0 aromatic carbocycles. The van der Waals surface area contributed by atoms with Gasteiger partial charge in [0.1, 0.15) is 6.04 Å². The van der Waals surface area contributed by atoms with Gasteiger partial charge in [0.15, 0.2) is 11.1 Å². The largest absolute Gasteiger partial charge is 0.410 e. The average molecular weight is 327 g/mol. The lowest BCUT2D eigenvalue weighted by molar-refractivity contribution is -0.142. The maximum atomic E-state index is 12.3. The first kappa shape index (κ1) is 17.1. The number of hydrogen-bond donors (Lipinski definition) is 3. The third-order valence-electron chi connectivity index (χ3n) is 2.11. The van der Waals surface area contributed by atoms with Crippen LogP contribution in [0.2, 0.25) is 0 Å². The van der Waals surface area contributed by atoms with Gasteiger partial charge < -0.3 is 16.8 Å². The second-order valence-electron chi connectivity index (χ2n) is 3.84. The Morgan fingerprint density at radius 1 is 1.60 bits per heavy atom. The van der Waals surface area contributed by atoms with Gasteiger partial charge in [-0.15, -0.1) is 11.3 Å². The molecule has 1 rings (SSSR count). The molecule has 5 N–H and O–H groups in total. The van der Waals surface area contributed by atoms with E-state index in [9.17, 15) is 13.2 Å². The van der Waals surface area contributed by atoms with Crippen LogP contribution >= 0.6 is 23.1 Å². The molecule has 0 bridgehead atoms. The highest BCUT2D eigenvalue weighted by atomic mass is 32.2. The number of thiazole rings is 1. The van der Waals surface area contributed by atoms with E-state index in [1.165, 1.54) is 11.3 Å². The van der Waals surface area contributed by atoms with Crippen LogP contribution in [0, 0.1) is 0 Å². The van der Waals surface area contributed by atoms with Crippen molar-refractivity contribution < 1.29 is 13.2 Å². The van der Waals surface area contributed by atoms with Crippen LogP contribution in [0.15, 0.2) is 10.4 Å². The van der Waals surface area contributed by atoms with Gasteiger partial charge >= 0.3 is 6.18 Å². The minimum Gasteiger partial charge on any atom is -0.370 e. The SMILES string of the molecule is CC(N=C(N)Nc1nc(CSCCN)cs1)C(F)(F)F. The molecule has 0 saturated carbocycles. The number of aromatic nitrogens is 1. The number of hydrogen-bond acceptors (Lipinski definition) is 5. The summed E-state index contributed by atoms with van der Waals surface area (Å²) in [7, 11) is 0. The molecule has 0 radical (unpaired) electrons. The molecular formula is C10H16F3N5S2. The van der Waals surface area contributed by atoms with Crippen LogP contribution in [-0.2, 0) is 5.75 Å². The zero-order chi connectivity index (χ0) is 15.2. The highest BCUT2D eigenvalue weighted by Gasteiger charge is 2.36. The van der Waals surface area contributed by atoms with Crippen LogP contribution in [0.1, 0.15) is 12.6 Å². The van der Waals surface area contributed by atoms with E-state index in [0.717, 1.165) is 18.4 Å². The summed E-state index contributed by atoms with van der Waals surface area (Å²) in [6.07, 6.45) is -4.40. The summed E-state index contributed by atoms with van der Waals surface area (Å²) in [6, 6.07) is -1.85. The van der Waals surface area contributed by atoms with Gasteiger partial charge in [0.25, 0.3) is 0 Å². The molecule has 0 aliphatic heterocycles. The van der Waals surface area contributed by atoms with Gasteiger partial charge in [-0.25, -0.2) is 9.98 Å². The number of thioether (sulfide) groups is 1. The summed E-state index contributed by atoms with van der Waals surface area (Å²) in [6.45, 7) is 1.53. The maximum Gasteiger partial charge on any atom is 0.410 e. The molecule has 1 atom stereocenters. The van der Waals surface area contributed by atoms with E-state index in [1.807, 2.05) is 5.38 Å². The lowest BCUT2D eigenvalue weighted by atomic mass is 10.3. The second kappa shape index (κ2) is 7.70. The number of nitrogens with one attached hydrogen (secondary N) is 1. The number of anilines is 1. The quantitative estimate of drug-likeness (QED) is 0.422. The molecule has 0 aliphatic rings. The van der Waals surface area contributed by atoms with Crippen LogP contribution in [0.25, 0.3) is 0 Å². The van der Waals surface area contributed by atoms with Gasteiger partial charge in [-0.1, -0.05) is 0 Å². The number of halogens is 3. The van der Waals surface area contributed by atoms with E-state index in [1.54, 1.807) is 11.8 Å². The van der Waals surface area contributed by atoms with E-state index in [2.05, 4.69) is 15.3 Å². The summed E-state index contributed by atoms with van der Waals surface area (Å²) in [5.41, 5.74) is 11.6. The summed E-state index contributed by atoms with van der Waals surface area (Å²) in [4.78, 5) is 7.53. The molecule has 0 saturated heterocycles. The average Bonchev–Trinajstić information content (AvgIpc) is 2.75. The number of aliphatic imine (C=N–C) groups is 1. The lowest BCUT2D eigenvalue weighted by Crippen LogP contribution is -2.30. The molecule has 1 unspecified atom stereocenters. The molecule has 1 heterocycles. The van der Waals surface area contributed by atoms with Crippen LogP contribution in [-0.4, -0.2) is 35.5 Å². The van der Waals surface area contributed by atoms with Crippen molar-refractivity contribution in [3.05, 3.63) is 11.1 Å². The molecule has 10 heteroatoms. The maximum absolute atomic E-state index is 12.3. The van der Waals surface area contributed by atoms with E-state index in [0.29, 0.717) is 17.4 Å². The smallest absolute Gasteiger partial charge is 0.370 e. The minimum atomic E-state index is -4.40. The van der Waals surface area contributed by atoms with Crippen molar-refractivity contribution in [3.63, 3.8) is 0 Å². The third kappa shape index (κ3) is 5.97. The van der Waals surface area contributed by atoms with Crippen LogP contribution < -0.4 is 16.8 Å². The Hall–Kier alpha value is -1.00. The zero-order valence-electron chi connectivity index (χ0n) is 10.8. The molecule has 0 fully saturated rings. The minimum absolute atomic E-state index is 0.301. The van der Waals surface area contributed by atoms with E-state index in [4.69, 9.17) is 11.5 Å². The Balaban J connectivity index is 2.54.